The molecule has 5 rings (SSSR count). The molecular weight excluding hydrogens is 548 g/mol. The third-order valence-electron chi connectivity index (χ3n) is 6.71. The summed E-state index contributed by atoms with van der Waals surface area (Å²) in [5.41, 5.74) is 2.08. The van der Waals surface area contributed by atoms with E-state index in [9.17, 15) is 19.2 Å². The Morgan fingerprint density at radius 1 is 0.975 bits per heavy atom. The minimum Gasteiger partial charge on any atom is -0.461 e. The van der Waals surface area contributed by atoms with Gasteiger partial charge < -0.3 is 14.8 Å². The fourth-order valence-electron chi connectivity index (χ4n) is 4.75. The van der Waals surface area contributed by atoms with Gasteiger partial charge in [0.15, 0.2) is 6.10 Å². The molecule has 2 amide bonds. The predicted molar refractivity (Wildman–Crippen MR) is 152 cm³/mol. The fourth-order valence-corrected chi connectivity index (χ4v) is 6.89. The molecule has 0 saturated carbocycles. The van der Waals surface area contributed by atoms with Crippen LogP contribution >= 0.6 is 23.1 Å². The van der Waals surface area contributed by atoms with Gasteiger partial charge in [0.1, 0.15) is 23.7 Å². The highest BCUT2D eigenvalue weighted by molar-refractivity contribution is 8.00. The third kappa shape index (κ3) is 5.83. The van der Waals surface area contributed by atoms with Crippen LogP contribution in [-0.4, -0.2) is 51.9 Å². The normalized spacial score (nSPS) is 20.0. The minimum absolute atomic E-state index is 0.0584. The molecule has 206 valence electrons. The number of hydrogen-bond donors (Lipinski definition) is 1. The summed E-state index contributed by atoms with van der Waals surface area (Å²) in [5, 5.41) is 3.96. The van der Waals surface area contributed by atoms with Crippen molar-refractivity contribution in [3.8, 4) is 0 Å². The van der Waals surface area contributed by atoms with E-state index in [0.717, 1.165) is 16.0 Å². The number of carbonyl (C=O) groups excluding carboxylic acids is 4. The van der Waals surface area contributed by atoms with Crippen LogP contribution in [-0.2, 0) is 35.1 Å². The van der Waals surface area contributed by atoms with E-state index in [-0.39, 0.29) is 29.9 Å². The van der Waals surface area contributed by atoms with Crippen LogP contribution in [0.5, 0.6) is 0 Å². The summed E-state index contributed by atoms with van der Waals surface area (Å²) in [6, 6.07) is 21.6. The van der Waals surface area contributed by atoms with E-state index in [1.165, 1.54) is 34.9 Å². The maximum absolute atomic E-state index is 13.9. The van der Waals surface area contributed by atoms with Gasteiger partial charge >= 0.3 is 11.9 Å². The number of thiophene rings is 1. The van der Waals surface area contributed by atoms with E-state index < -0.39 is 35.4 Å². The van der Waals surface area contributed by atoms with Gasteiger partial charge in [0.2, 0.25) is 5.91 Å². The second-order valence-corrected chi connectivity index (χ2v) is 11.9. The van der Waals surface area contributed by atoms with Crippen LogP contribution in [0, 0.1) is 0 Å². The van der Waals surface area contributed by atoms with Crippen molar-refractivity contribution < 1.29 is 28.7 Å². The number of β-lactam (4-membered cyclic amide) rings is 1. The van der Waals surface area contributed by atoms with E-state index in [1.54, 1.807) is 0 Å². The molecule has 3 atom stereocenters. The number of carbonyl (C=O) groups is 4. The Morgan fingerprint density at radius 3 is 2.20 bits per heavy atom. The van der Waals surface area contributed by atoms with Gasteiger partial charge in [0, 0.05) is 22.6 Å². The third-order valence-corrected chi connectivity index (χ3v) is 9.04. The maximum Gasteiger partial charge on any atom is 0.356 e. The van der Waals surface area contributed by atoms with E-state index in [4.69, 9.17) is 9.47 Å². The average molecular weight is 577 g/mol. The van der Waals surface area contributed by atoms with E-state index in [0.29, 0.717) is 5.57 Å². The van der Waals surface area contributed by atoms with Gasteiger partial charge in [-0.05, 0) is 29.5 Å². The lowest BCUT2D eigenvalue weighted by Crippen LogP contribution is -2.71. The number of nitrogens with one attached hydrogen (secondary N) is 1. The Labute approximate surface area is 240 Å². The first-order valence-electron chi connectivity index (χ1n) is 12.8. The molecule has 3 heterocycles. The summed E-state index contributed by atoms with van der Waals surface area (Å²) in [6.45, 7) is 3.02. The van der Waals surface area contributed by atoms with Crippen LogP contribution in [0.1, 0.15) is 36.0 Å². The van der Waals surface area contributed by atoms with E-state index in [1.807, 2.05) is 85.1 Å². The predicted octanol–water partition coefficient (Wildman–Crippen LogP) is 4.23. The number of rotatable bonds is 9. The molecule has 10 heteroatoms. The number of hydrogen-bond acceptors (Lipinski definition) is 8. The molecule has 1 fully saturated rings. The smallest absolute Gasteiger partial charge is 0.356 e. The first-order valence-corrected chi connectivity index (χ1v) is 14.6. The van der Waals surface area contributed by atoms with Gasteiger partial charge in [-0.15, -0.1) is 23.1 Å². The van der Waals surface area contributed by atoms with Crippen LogP contribution in [0.3, 0.4) is 0 Å². The van der Waals surface area contributed by atoms with Crippen molar-refractivity contribution in [3.63, 3.8) is 0 Å². The number of esters is 2. The molecule has 2 aliphatic heterocycles. The van der Waals surface area contributed by atoms with Gasteiger partial charge in [0.25, 0.3) is 5.91 Å². The summed E-state index contributed by atoms with van der Waals surface area (Å²) in [6.07, 6.45) is -0.550. The van der Waals surface area contributed by atoms with Gasteiger partial charge in [-0.3, -0.25) is 19.3 Å². The molecule has 0 aliphatic carbocycles. The van der Waals surface area contributed by atoms with Crippen molar-refractivity contribution in [1.29, 1.82) is 0 Å². The van der Waals surface area contributed by atoms with Crippen LogP contribution in [0.15, 0.2) is 89.4 Å². The Morgan fingerprint density at radius 2 is 1.62 bits per heavy atom. The molecule has 3 aromatic rings. The summed E-state index contributed by atoms with van der Waals surface area (Å²) in [5.74, 6) is -1.87. The highest BCUT2D eigenvalue weighted by Gasteiger charge is 2.56. The van der Waals surface area contributed by atoms with Crippen LogP contribution in [0.2, 0.25) is 0 Å². The summed E-state index contributed by atoms with van der Waals surface area (Å²) in [7, 11) is 0. The molecule has 0 bridgehead atoms. The molecule has 40 heavy (non-hydrogen) atoms. The molecule has 1 saturated heterocycles. The summed E-state index contributed by atoms with van der Waals surface area (Å²) >= 11 is 2.90. The number of thioether (sulfide) groups is 1. The summed E-state index contributed by atoms with van der Waals surface area (Å²) < 4.78 is 11.4. The van der Waals surface area contributed by atoms with Crippen molar-refractivity contribution >= 4 is 46.9 Å². The standard InChI is InChI=1S/C30H28N2O6S2/c1-18-23(17-37-19(2)33)26(30(36)38-27(20-10-5-3-6-11-20)21-12-7-4-8-13-21)32-28(35)25(29(32)40-18)31-24(34)16-22-14-9-15-39-22/h3-15,18,25,27,29H,16-17H2,1-2H3,(H,31,34)/t18?,25?,29-/m0/s1. The number of fused-ring (bicyclic) bond motifs is 1. The van der Waals surface area contributed by atoms with Gasteiger partial charge in [-0.1, -0.05) is 66.7 Å². The Balaban J connectivity index is 1.43. The molecule has 1 N–H and O–H groups in total. The molecular formula is C30H28N2O6S2. The molecule has 8 nitrogen and oxygen atoms in total. The van der Waals surface area contributed by atoms with Crippen molar-refractivity contribution in [3.05, 3.63) is 105 Å². The SMILES string of the molecule is CC(=O)OCC1=C(C(=O)OC(c2ccccc2)c2ccccc2)N2C(=O)C(NC(=O)Cc3cccs3)[C@@H]2SC1C. The van der Waals surface area contributed by atoms with Crippen molar-refractivity contribution in [2.75, 3.05) is 6.61 Å². The van der Waals surface area contributed by atoms with Crippen molar-refractivity contribution in [2.24, 2.45) is 0 Å². The molecule has 0 spiro atoms. The first kappa shape index (κ1) is 27.7. The number of amides is 2. The molecule has 0 radical (unpaired) electrons. The average Bonchev–Trinajstić information content (AvgIpc) is 3.47. The second-order valence-electron chi connectivity index (χ2n) is 9.44. The topological polar surface area (TPSA) is 102 Å². The highest BCUT2D eigenvalue weighted by Crippen LogP contribution is 2.45. The van der Waals surface area contributed by atoms with Crippen molar-refractivity contribution in [2.45, 2.75) is 43.0 Å². The number of benzene rings is 2. The van der Waals surface area contributed by atoms with Crippen LogP contribution in [0.4, 0.5) is 0 Å². The Kier molecular flexibility index (Phi) is 8.37. The first-order chi connectivity index (χ1) is 19.3. The van der Waals surface area contributed by atoms with E-state index >= 15 is 0 Å². The summed E-state index contributed by atoms with van der Waals surface area (Å²) in [4.78, 5) is 53.9. The zero-order chi connectivity index (χ0) is 28.2. The fraction of sp³-hybridized carbons (Fsp3) is 0.267. The lowest BCUT2D eigenvalue weighted by Gasteiger charge is -2.51. The molecule has 2 unspecified atom stereocenters. The van der Waals surface area contributed by atoms with Gasteiger partial charge in [-0.2, -0.15) is 0 Å². The van der Waals surface area contributed by atoms with Crippen molar-refractivity contribution in [1.82, 2.24) is 10.2 Å². The highest BCUT2D eigenvalue weighted by atomic mass is 32.2. The Bertz CT molecular complexity index is 1390. The second kappa shape index (κ2) is 12.1. The molecule has 1 aromatic heterocycles. The van der Waals surface area contributed by atoms with E-state index in [2.05, 4.69) is 5.32 Å². The quantitative estimate of drug-likeness (QED) is 0.301. The molecule has 2 aliphatic rings. The largest absolute Gasteiger partial charge is 0.461 e. The molecule has 2 aromatic carbocycles. The Hall–Kier alpha value is -3.89. The lowest BCUT2D eigenvalue weighted by molar-refractivity contribution is -0.155. The zero-order valence-electron chi connectivity index (χ0n) is 21.9. The van der Waals surface area contributed by atoms with Gasteiger partial charge in [0.05, 0.1) is 6.42 Å². The minimum atomic E-state index is -0.781. The van der Waals surface area contributed by atoms with Gasteiger partial charge in [-0.25, -0.2) is 4.79 Å². The monoisotopic (exact) mass is 576 g/mol. The van der Waals surface area contributed by atoms with Crippen LogP contribution in [0.25, 0.3) is 0 Å². The zero-order valence-corrected chi connectivity index (χ0v) is 23.6. The van der Waals surface area contributed by atoms with Crippen LogP contribution < -0.4 is 5.32 Å². The maximum atomic E-state index is 13.9. The lowest BCUT2D eigenvalue weighted by atomic mass is 9.99. The number of nitrogens with zero attached hydrogens (tertiary/aromatic N) is 1. The number of ether oxygens (including phenoxy) is 2.